The van der Waals surface area contributed by atoms with E-state index < -0.39 is 23.3 Å². The van der Waals surface area contributed by atoms with E-state index in [2.05, 4.69) is 0 Å². The fraction of sp³-hybridized carbons (Fsp3) is 0.429. The minimum absolute atomic E-state index is 0.0735. The number of β-lactam (4-membered cyclic amide) rings is 1. The summed E-state index contributed by atoms with van der Waals surface area (Å²) in [6.45, 7) is 0.206. The van der Waals surface area contributed by atoms with Crippen LogP contribution in [0.3, 0.4) is 0 Å². The number of carboxylic acid groups (broad SMARTS) is 1. The van der Waals surface area contributed by atoms with Crippen molar-refractivity contribution in [1.82, 2.24) is 4.90 Å². The minimum Gasteiger partial charge on any atom is -0.549 e. The van der Waals surface area contributed by atoms with Crippen molar-refractivity contribution >= 4 is 29.5 Å². The summed E-state index contributed by atoms with van der Waals surface area (Å²) in [5.41, 5.74) is 10.0. The molecule has 2 saturated heterocycles. The minimum atomic E-state index is -1.21. The molecule has 3 heterocycles. The Morgan fingerprint density at radius 2 is 2.09 bits per heavy atom. The molecule has 2 fully saturated rings. The highest BCUT2D eigenvalue weighted by Gasteiger charge is 2.54. The number of carbonyl (C=O) groups excluding carboxylic acids is 3. The molecule has 1 aromatic heterocycles. The Labute approximate surface area is 136 Å². The zero-order valence-electron chi connectivity index (χ0n) is 12.2. The molecule has 2 aliphatic heterocycles. The molecule has 122 valence electrons. The Morgan fingerprint density at radius 1 is 1.43 bits per heavy atom. The molecular weight excluding hydrogens is 320 g/mol. The lowest BCUT2D eigenvalue weighted by Crippen LogP contribution is -2.74. The van der Waals surface area contributed by atoms with Crippen molar-refractivity contribution in [3.05, 3.63) is 30.1 Å². The van der Waals surface area contributed by atoms with Crippen LogP contribution in [0.2, 0.25) is 0 Å². The standard InChI is InChI=1S/C14H16N4O4S/c15-9-11(20)18-6-14(13(21)22,7-23-12(9)18)5-17-3-1-8(2-4-17)10(16)19/h1-4,9,12H,5-7,15H2,(H2-,16,19,21,22)/t9?,12-,14?/m1/s1. The second-order valence-electron chi connectivity index (χ2n) is 5.88. The van der Waals surface area contributed by atoms with E-state index in [9.17, 15) is 19.5 Å². The third-order valence-corrected chi connectivity index (χ3v) is 5.89. The lowest BCUT2D eigenvalue weighted by Gasteiger charge is -2.53. The molecule has 0 aromatic carbocycles. The number of primary amides is 1. The molecule has 2 amide bonds. The molecule has 3 rings (SSSR count). The lowest BCUT2D eigenvalue weighted by molar-refractivity contribution is -0.707. The van der Waals surface area contributed by atoms with Gasteiger partial charge in [0.1, 0.15) is 11.4 Å². The van der Waals surface area contributed by atoms with Crippen LogP contribution >= 0.6 is 11.8 Å². The Kier molecular flexibility index (Phi) is 3.77. The summed E-state index contributed by atoms with van der Waals surface area (Å²) < 4.78 is 1.65. The molecule has 0 bridgehead atoms. The van der Waals surface area contributed by atoms with E-state index in [0.29, 0.717) is 11.3 Å². The first kappa shape index (κ1) is 15.8. The van der Waals surface area contributed by atoms with Crippen molar-refractivity contribution in [2.24, 2.45) is 16.9 Å². The van der Waals surface area contributed by atoms with Gasteiger partial charge in [0.25, 0.3) is 0 Å². The van der Waals surface area contributed by atoms with Gasteiger partial charge in [0, 0.05) is 24.4 Å². The molecule has 2 aliphatic rings. The highest BCUT2D eigenvalue weighted by atomic mass is 32.2. The predicted molar refractivity (Wildman–Crippen MR) is 78.5 cm³/mol. The van der Waals surface area contributed by atoms with Crippen molar-refractivity contribution in [1.29, 1.82) is 0 Å². The van der Waals surface area contributed by atoms with Crippen molar-refractivity contribution in [2.45, 2.75) is 18.0 Å². The lowest BCUT2D eigenvalue weighted by atomic mass is 9.87. The maximum atomic E-state index is 11.8. The van der Waals surface area contributed by atoms with E-state index in [-0.39, 0.29) is 24.4 Å². The van der Waals surface area contributed by atoms with Gasteiger partial charge in [-0.1, -0.05) is 0 Å². The first-order valence-corrected chi connectivity index (χ1v) is 8.07. The smallest absolute Gasteiger partial charge is 0.249 e. The molecule has 0 aliphatic carbocycles. The molecular formula is C14H16N4O4S. The SMILES string of the molecule is NC(=O)c1cc[n+](CC2(C(=O)[O-])CS[C@@H]3C(N)C(=O)N3C2)cc1. The average Bonchev–Trinajstić information content (AvgIpc) is 2.54. The van der Waals surface area contributed by atoms with Crippen LogP contribution in [0.1, 0.15) is 10.4 Å². The maximum Gasteiger partial charge on any atom is 0.249 e. The number of rotatable bonds is 4. The van der Waals surface area contributed by atoms with E-state index in [4.69, 9.17) is 11.5 Å². The number of carboxylic acids is 1. The Balaban J connectivity index is 1.81. The van der Waals surface area contributed by atoms with Gasteiger partial charge < -0.3 is 26.3 Å². The monoisotopic (exact) mass is 336 g/mol. The fourth-order valence-electron chi connectivity index (χ4n) is 2.89. The molecule has 3 atom stereocenters. The second kappa shape index (κ2) is 5.50. The van der Waals surface area contributed by atoms with Crippen molar-refractivity contribution in [3.63, 3.8) is 0 Å². The molecule has 0 saturated carbocycles. The second-order valence-corrected chi connectivity index (χ2v) is 6.99. The number of amides is 2. The summed E-state index contributed by atoms with van der Waals surface area (Å²) in [5.74, 6) is -1.68. The maximum absolute atomic E-state index is 11.8. The molecule has 2 unspecified atom stereocenters. The zero-order valence-corrected chi connectivity index (χ0v) is 13.0. The summed E-state index contributed by atoms with van der Waals surface area (Å²) in [4.78, 5) is 36.1. The molecule has 4 N–H and O–H groups in total. The summed E-state index contributed by atoms with van der Waals surface area (Å²) in [6.07, 6.45) is 3.18. The molecule has 8 nitrogen and oxygen atoms in total. The number of nitrogens with zero attached hydrogens (tertiary/aromatic N) is 2. The van der Waals surface area contributed by atoms with Gasteiger partial charge >= 0.3 is 0 Å². The average molecular weight is 336 g/mol. The largest absolute Gasteiger partial charge is 0.549 e. The van der Waals surface area contributed by atoms with Crippen molar-refractivity contribution < 1.29 is 24.1 Å². The van der Waals surface area contributed by atoms with Crippen LogP contribution in [-0.4, -0.2) is 46.4 Å². The van der Waals surface area contributed by atoms with Gasteiger partial charge in [-0.3, -0.25) is 9.59 Å². The molecule has 1 aromatic rings. The summed E-state index contributed by atoms with van der Waals surface area (Å²) >= 11 is 1.36. The van der Waals surface area contributed by atoms with Crippen LogP contribution in [0.15, 0.2) is 24.5 Å². The number of thioether (sulfide) groups is 1. The van der Waals surface area contributed by atoms with Crippen molar-refractivity contribution in [3.8, 4) is 0 Å². The van der Waals surface area contributed by atoms with Gasteiger partial charge in [0.2, 0.25) is 11.8 Å². The van der Waals surface area contributed by atoms with Gasteiger partial charge in [0.15, 0.2) is 18.9 Å². The molecule has 0 radical (unpaired) electrons. The number of carbonyl (C=O) groups is 3. The van der Waals surface area contributed by atoms with Crippen LogP contribution in [-0.2, 0) is 16.1 Å². The van der Waals surface area contributed by atoms with E-state index in [1.54, 1.807) is 17.0 Å². The number of aromatic nitrogens is 1. The number of nitrogens with two attached hydrogens (primary N) is 2. The fourth-order valence-corrected chi connectivity index (χ4v) is 4.36. The summed E-state index contributed by atoms with van der Waals surface area (Å²) in [7, 11) is 0. The van der Waals surface area contributed by atoms with Gasteiger partial charge in [-0.05, 0) is 0 Å². The number of aliphatic carboxylic acids is 1. The topological polar surface area (TPSA) is 133 Å². The first-order valence-electron chi connectivity index (χ1n) is 7.02. The normalized spacial score (nSPS) is 29.6. The van der Waals surface area contributed by atoms with Gasteiger partial charge in [-0.2, -0.15) is 0 Å². The van der Waals surface area contributed by atoms with E-state index in [1.165, 1.54) is 28.8 Å². The molecule has 0 spiro atoms. The summed E-state index contributed by atoms with van der Waals surface area (Å²) in [5, 5.41) is 11.6. The van der Waals surface area contributed by atoms with Gasteiger partial charge in [0.05, 0.1) is 16.9 Å². The van der Waals surface area contributed by atoms with E-state index in [0.717, 1.165) is 0 Å². The highest BCUT2D eigenvalue weighted by Crippen LogP contribution is 2.41. The Hall–Kier alpha value is -2.13. The van der Waals surface area contributed by atoms with Crippen LogP contribution in [0.25, 0.3) is 0 Å². The quantitative estimate of drug-likeness (QED) is 0.446. The number of hydrogen-bond donors (Lipinski definition) is 2. The third-order valence-electron chi connectivity index (χ3n) is 4.28. The zero-order chi connectivity index (χ0) is 16.8. The predicted octanol–water partition coefficient (Wildman–Crippen LogP) is -2.95. The van der Waals surface area contributed by atoms with Crippen LogP contribution in [0, 0.1) is 5.41 Å². The number of hydrogen-bond acceptors (Lipinski definition) is 6. The molecule has 9 heteroatoms. The first-order chi connectivity index (χ1) is 10.8. The van der Waals surface area contributed by atoms with Crippen LogP contribution in [0.5, 0.6) is 0 Å². The van der Waals surface area contributed by atoms with Crippen LogP contribution in [0.4, 0.5) is 0 Å². The Bertz CT molecular complexity index is 680. The molecule has 23 heavy (non-hydrogen) atoms. The van der Waals surface area contributed by atoms with E-state index >= 15 is 0 Å². The highest BCUT2D eigenvalue weighted by molar-refractivity contribution is 8.00. The van der Waals surface area contributed by atoms with Gasteiger partial charge in [-0.25, -0.2) is 4.57 Å². The Morgan fingerprint density at radius 3 is 2.65 bits per heavy atom. The third kappa shape index (κ3) is 2.55. The van der Waals surface area contributed by atoms with Crippen molar-refractivity contribution in [2.75, 3.05) is 12.3 Å². The van der Waals surface area contributed by atoms with Crippen LogP contribution < -0.4 is 21.1 Å². The summed E-state index contributed by atoms with van der Waals surface area (Å²) in [6, 6.07) is 2.49. The van der Waals surface area contributed by atoms with E-state index in [1.807, 2.05) is 0 Å². The number of fused-ring (bicyclic) bond motifs is 1. The van der Waals surface area contributed by atoms with Gasteiger partial charge in [-0.15, -0.1) is 11.8 Å². The number of pyridine rings is 1.